The fourth-order valence-electron chi connectivity index (χ4n) is 3.97. The monoisotopic (exact) mass is 396 g/mol. The van der Waals surface area contributed by atoms with Crippen LogP contribution in [0.2, 0.25) is 0 Å². The average molecular weight is 397 g/mol. The number of guanidine groups is 1. The van der Waals surface area contributed by atoms with E-state index in [-0.39, 0.29) is 12.1 Å². The van der Waals surface area contributed by atoms with Crippen LogP contribution < -0.4 is 10.6 Å². The maximum Gasteiger partial charge on any atom is 0.306 e. The molecule has 0 spiro atoms. The standard InChI is InChI=1S/C21H40N4O3/c1-17(2)15-18(25-11-13-27-14-12-25)16-24-21(22-3)23-10-6-9-20(26)28-19-7-4-5-8-19/h17-19H,4-16H2,1-3H3,(H2,22,23,24). The van der Waals surface area contributed by atoms with E-state index in [1.807, 2.05) is 0 Å². The first-order chi connectivity index (χ1) is 13.6. The Morgan fingerprint density at radius 2 is 1.93 bits per heavy atom. The highest BCUT2D eigenvalue weighted by Crippen LogP contribution is 2.21. The molecule has 0 bridgehead atoms. The molecule has 0 aromatic rings. The second-order valence-electron chi connectivity index (χ2n) is 8.31. The van der Waals surface area contributed by atoms with Crippen molar-refractivity contribution in [2.75, 3.05) is 46.4 Å². The molecule has 7 heteroatoms. The smallest absolute Gasteiger partial charge is 0.306 e. The predicted molar refractivity (Wildman–Crippen MR) is 113 cm³/mol. The fraction of sp³-hybridized carbons (Fsp3) is 0.905. The third-order valence-electron chi connectivity index (χ3n) is 5.48. The van der Waals surface area contributed by atoms with E-state index < -0.39 is 0 Å². The lowest BCUT2D eigenvalue weighted by Gasteiger charge is -2.35. The van der Waals surface area contributed by atoms with E-state index in [0.29, 0.717) is 24.9 Å². The van der Waals surface area contributed by atoms with Crippen molar-refractivity contribution in [1.29, 1.82) is 0 Å². The number of nitrogens with zero attached hydrogens (tertiary/aromatic N) is 2. The third-order valence-corrected chi connectivity index (χ3v) is 5.48. The second-order valence-corrected chi connectivity index (χ2v) is 8.31. The summed E-state index contributed by atoms with van der Waals surface area (Å²) in [5.74, 6) is 1.38. The number of carbonyl (C=O) groups is 1. The summed E-state index contributed by atoms with van der Waals surface area (Å²) in [4.78, 5) is 18.7. The van der Waals surface area contributed by atoms with Gasteiger partial charge in [-0.25, -0.2) is 0 Å². The highest BCUT2D eigenvalue weighted by atomic mass is 16.5. The second kappa shape index (κ2) is 13.0. The molecule has 2 rings (SSSR count). The number of hydrogen-bond acceptors (Lipinski definition) is 5. The molecule has 0 amide bonds. The van der Waals surface area contributed by atoms with Gasteiger partial charge in [0.25, 0.3) is 0 Å². The van der Waals surface area contributed by atoms with E-state index in [0.717, 1.165) is 64.5 Å². The molecule has 1 atom stereocenters. The zero-order valence-corrected chi connectivity index (χ0v) is 18.0. The molecule has 1 saturated heterocycles. The summed E-state index contributed by atoms with van der Waals surface area (Å²) >= 11 is 0. The first kappa shape index (κ1) is 22.9. The average Bonchev–Trinajstić information content (AvgIpc) is 3.19. The SMILES string of the molecule is CN=C(NCCCC(=O)OC1CCCC1)NCC(CC(C)C)N1CCOCC1. The van der Waals surface area contributed by atoms with Crippen molar-refractivity contribution in [1.82, 2.24) is 15.5 Å². The summed E-state index contributed by atoms with van der Waals surface area (Å²) in [5.41, 5.74) is 0. The van der Waals surface area contributed by atoms with E-state index >= 15 is 0 Å². The molecule has 1 saturated carbocycles. The molecule has 2 aliphatic rings. The summed E-state index contributed by atoms with van der Waals surface area (Å²) in [6.07, 6.45) is 6.95. The van der Waals surface area contributed by atoms with Crippen LogP contribution in [0.25, 0.3) is 0 Å². The van der Waals surface area contributed by atoms with Crippen LogP contribution in [-0.4, -0.2) is 75.4 Å². The van der Waals surface area contributed by atoms with Gasteiger partial charge in [-0.2, -0.15) is 0 Å². The molecule has 0 aromatic heterocycles. The summed E-state index contributed by atoms with van der Waals surface area (Å²) in [5, 5.41) is 6.78. The Morgan fingerprint density at radius 1 is 1.21 bits per heavy atom. The van der Waals surface area contributed by atoms with Crippen molar-refractivity contribution < 1.29 is 14.3 Å². The molecular weight excluding hydrogens is 356 g/mol. The van der Waals surface area contributed by atoms with E-state index in [4.69, 9.17) is 9.47 Å². The van der Waals surface area contributed by atoms with Crippen molar-refractivity contribution >= 4 is 11.9 Å². The number of ether oxygens (including phenoxy) is 2. The number of esters is 1. The highest BCUT2D eigenvalue weighted by molar-refractivity contribution is 5.79. The van der Waals surface area contributed by atoms with Gasteiger partial charge < -0.3 is 20.1 Å². The van der Waals surface area contributed by atoms with Gasteiger partial charge in [0.05, 0.1) is 13.2 Å². The minimum atomic E-state index is -0.0686. The van der Waals surface area contributed by atoms with E-state index in [9.17, 15) is 4.79 Å². The molecule has 7 nitrogen and oxygen atoms in total. The van der Waals surface area contributed by atoms with Crippen LogP contribution in [0, 0.1) is 5.92 Å². The molecule has 1 aliphatic carbocycles. The third kappa shape index (κ3) is 8.78. The molecule has 1 unspecified atom stereocenters. The maximum absolute atomic E-state index is 11.9. The molecule has 0 aromatic carbocycles. The van der Waals surface area contributed by atoms with Gasteiger partial charge in [-0.3, -0.25) is 14.7 Å². The number of rotatable bonds is 10. The summed E-state index contributed by atoms with van der Waals surface area (Å²) in [7, 11) is 1.79. The Bertz CT molecular complexity index is 472. The molecule has 162 valence electrons. The number of aliphatic imine (C=N–C) groups is 1. The van der Waals surface area contributed by atoms with Crippen molar-refractivity contribution in [3.05, 3.63) is 0 Å². The molecule has 2 fully saturated rings. The van der Waals surface area contributed by atoms with Crippen molar-refractivity contribution in [3.63, 3.8) is 0 Å². The van der Waals surface area contributed by atoms with Gasteiger partial charge >= 0.3 is 5.97 Å². The first-order valence-electron chi connectivity index (χ1n) is 11.0. The van der Waals surface area contributed by atoms with Crippen LogP contribution in [-0.2, 0) is 14.3 Å². The highest BCUT2D eigenvalue weighted by Gasteiger charge is 2.22. The Morgan fingerprint density at radius 3 is 2.57 bits per heavy atom. The summed E-state index contributed by atoms with van der Waals surface area (Å²) in [6, 6.07) is 0.476. The Labute approximate surface area is 170 Å². The van der Waals surface area contributed by atoms with Crippen molar-refractivity contribution in [2.45, 2.75) is 70.9 Å². The molecular formula is C21H40N4O3. The van der Waals surface area contributed by atoms with Crippen molar-refractivity contribution in [2.24, 2.45) is 10.9 Å². The van der Waals surface area contributed by atoms with E-state index in [1.54, 1.807) is 7.05 Å². The largest absolute Gasteiger partial charge is 0.462 e. The molecule has 28 heavy (non-hydrogen) atoms. The lowest BCUT2D eigenvalue weighted by Crippen LogP contribution is -2.51. The van der Waals surface area contributed by atoms with Crippen LogP contribution in [0.4, 0.5) is 0 Å². The van der Waals surface area contributed by atoms with Gasteiger partial charge in [0.1, 0.15) is 6.10 Å². The summed E-state index contributed by atoms with van der Waals surface area (Å²) < 4.78 is 11.0. The van der Waals surface area contributed by atoms with Crippen molar-refractivity contribution in [3.8, 4) is 0 Å². The lowest BCUT2D eigenvalue weighted by molar-refractivity contribution is -0.148. The maximum atomic E-state index is 11.9. The fourth-order valence-corrected chi connectivity index (χ4v) is 3.97. The molecule has 1 heterocycles. The predicted octanol–water partition coefficient (Wildman–Crippen LogP) is 2.16. The normalized spacial score (nSPS) is 20.4. The molecule has 2 N–H and O–H groups in total. The Hall–Kier alpha value is -1.34. The quantitative estimate of drug-likeness (QED) is 0.255. The minimum absolute atomic E-state index is 0.0686. The number of morpholine rings is 1. The lowest BCUT2D eigenvalue weighted by atomic mass is 10.0. The zero-order valence-electron chi connectivity index (χ0n) is 18.0. The number of carbonyl (C=O) groups excluding carboxylic acids is 1. The van der Waals surface area contributed by atoms with Crippen LogP contribution in [0.1, 0.15) is 58.8 Å². The van der Waals surface area contributed by atoms with Gasteiger partial charge in [-0.05, 0) is 44.4 Å². The number of nitrogens with one attached hydrogen (secondary N) is 2. The van der Waals surface area contributed by atoms with Crippen LogP contribution >= 0.6 is 0 Å². The Kier molecular flexibility index (Phi) is 10.6. The van der Waals surface area contributed by atoms with Gasteiger partial charge in [-0.15, -0.1) is 0 Å². The van der Waals surface area contributed by atoms with Gasteiger partial charge in [-0.1, -0.05) is 13.8 Å². The topological polar surface area (TPSA) is 75.2 Å². The van der Waals surface area contributed by atoms with E-state index in [1.165, 1.54) is 12.8 Å². The van der Waals surface area contributed by atoms with Gasteiger partial charge in [0, 0.05) is 45.7 Å². The van der Waals surface area contributed by atoms with Crippen LogP contribution in [0.5, 0.6) is 0 Å². The van der Waals surface area contributed by atoms with Gasteiger partial charge in [0.2, 0.25) is 0 Å². The van der Waals surface area contributed by atoms with Gasteiger partial charge in [0.15, 0.2) is 5.96 Å². The zero-order chi connectivity index (χ0) is 20.2. The van der Waals surface area contributed by atoms with Crippen LogP contribution in [0.15, 0.2) is 4.99 Å². The molecule has 1 aliphatic heterocycles. The van der Waals surface area contributed by atoms with E-state index in [2.05, 4.69) is 34.4 Å². The minimum Gasteiger partial charge on any atom is -0.462 e. The van der Waals surface area contributed by atoms with Crippen LogP contribution in [0.3, 0.4) is 0 Å². The summed E-state index contributed by atoms with van der Waals surface area (Å²) in [6.45, 7) is 9.74. The first-order valence-corrected chi connectivity index (χ1v) is 11.0. The Balaban J connectivity index is 1.65. The molecule has 0 radical (unpaired) electrons. The number of hydrogen-bond donors (Lipinski definition) is 2.